The average molecular weight is 364 g/mol. The Morgan fingerprint density at radius 2 is 1.81 bits per heavy atom. The second-order valence-electron chi connectivity index (χ2n) is 7.73. The minimum absolute atomic E-state index is 0.178. The number of hydrogen-bond acceptors (Lipinski definition) is 3. The summed E-state index contributed by atoms with van der Waals surface area (Å²) in [5, 5.41) is 3.38. The first kappa shape index (κ1) is 17.9. The Labute approximate surface area is 161 Å². The third kappa shape index (κ3) is 3.41. The van der Waals surface area contributed by atoms with Gasteiger partial charge in [0.2, 0.25) is 5.91 Å². The van der Waals surface area contributed by atoms with E-state index in [1.165, 1.54) is 0 Å². The molecule has 4 nitrogen and oxygen atoms in total. The Hall–Kier alpha value is -2.49. The predicted molar refractivity (Wildman–Crippen MR) is 108 cm³/mol. The van der Waals surface area contributed by atoms with Crippen molar-refractivity contribution in [3.63, 3.8) is 0 Å². The van der Waals surface area contributed by atoms with Crippen molar-refractivity contribution in [2.45, 2.75) is 43.6 Å². The molecular weight excluding hydrogens is 336 g/mol. The highest BCUT2D eigenvalue weighted by Gasteiger charge is 2.46. The van der Waals surface area contributed by atoms with Crippen molar-refractivity contribution >= 4 is 11.6 Å². The van der Waals surface area contributed by atoms with Crippen molar-refractivity contribution in [2.75, 3.05) is 25.1 Å². The molecule has 1 N–H and O–H groups in total. The molecule has 0 radical (unpaired) electrons. The molecule has 1 amide bonds. The fourth-order valence-electron chi connectivity index (χ4n) is 4.46. The van der Waals surface area contributed by atoms with Gasteiger partial charge in [-0.05, 0) is 43.4 Å². The van der Waals surface area contributed by atoms with E-state index in [2.05, 4.69) is 28.4 Å². The Morgan fingerprint density at radius 3 is 2.52 bits per heavy atom. The third-order valence-corrected chi connectivity index (χ3v) is 6.15. The lowest BCUT2D eigenvalue weighted by molar-refractivity contribution is -0.130. The number of nitrogens with one attached hydrogen (secondary N) is 1. The van der Waals surface area contributed by atoms with Crippen molar-refractivity contribution < 1.29 is 9.53 Å². The summed E-state index contributed by atoms with van der Waals surface area (Å²) >= 11 is 0. The SMILES string of the molecule is COc1ccccc1N1CCCC(NC(=O)C2(c3ccccc3)CCC2)C1. The molecule has 0 bridgehead atoms. The molecule has 0 spiro atoms. The van der Waals surface area contributed by atoms with Crippen LogP contribution in [0.1, 0.15) is 37.7 Å². The number of benzene rings is 2. The maximum Gasteiger partial charge on any atom is 0.230 e. The molecule has 1 saturated carbocycles. The number of amides is 1. The van der Waals surface area contributed by atoms with Crippen molar-refractivity contribution in [2.24, 2.45) is 0 Å². The first-order chi connectivity index (χ1) is 13.2. The zero-order chi connectivity index (χ0) is 18.7. The highest BCUT2D eigenvalue weighted by atomic mass is 16.5. The minimum atomic E-state index is -0.325. The first-order valence-corrected chi connectivity index (χ1v) is 9.97. The zero-order valence-electron chi connectivity index (χ0n) is 16.0. The molecule has 2 aromatic carbocycles. The molecule has 27 heavy (non-hydrogen) atoms. The van der Waals surface area contributed by atoms with Crippen molar-refractivity contribution in [3.05, 3.63) is 60.2 Å². The lowest BCUT2D eigenvalue weighted by atomic mass is 9.63. The van der Waals surface area contributed by atoms with Gasteiger partial charge in [-0.3, -0.25) is 4.79 Å². The van der Waals surface area contributed by atoms with Crippen LogP contribution in [-0.4, -0.2) is 32.1 Å². The molecule has 2 fully saturated rings. The van der Waals surface area contributed by atoms with Gasteiger partial charge in [-0.25, -0.2) is 0 Å². The fraction of sp³-hybridized carbons (Fsp3) is 0.435. The summed E-state index contributed by atoms with van der Waals surface area (Å²) in [4.78, 5) is 15.6. The topological polar surface area (TPSA) is 41.6 Å². The number of rotatable bonds is 5. The molecule has 1 aliphatic carbocycles. The van der Waals surface area contributed by atoms with Gasteiger partial charge >= 0.3 is 0 Å². The van der Waals surface area contributed by atoms with Gasteiger partial charge < -0.3 is 15.0 Å². The van der Waals surface area contributed by atoms with Crippen LogP contribution in [0.25, 0.3) is 0 Å². The largest absolute Gasteiger partial charge is 0.495 e. The van der Waals surface area contributed by atoms with E-state index in [9.17, 15) is 4.79 Å². The van der Waals surface area contributed by atoms with E-state index in [0.29, 0.717) is 0 Å². The monoisotopic (exact) mass is 364 g/mol. The van der Waals surface area contributed by atoms with Gasteiger partial charge in [-0.15, -0.1) is 0 Å². The second-order valence-corrected chi connectivity index (χ2v) is 7.73. The zero-order valence-corrected chi connectivity index (χ0v) is 16.0. The van der Waals surface area contributed by atoms with Crippen LogP contribution in [0, 0.1) is 0 Å². The number of methoxy groups -OCH3 is 1. The first-order valence-electron chi connectivity index (χ1n) is 9.97. The minimum Gasteiger partial charge on any atom is -0.495 e. The molecule has 1 heterocycles. The van der Waals surface area contributed by atoms with Crippen LogP contribution >= 0.6 is 0 Å². The summed E-state index contributed by atoms with van der Waals surface area (Å²) in [6.07, 6.45) is 5.13. The quantitative estimate of drug-likeness (QED) is 0.875. The van der Waals surface area contributed by atoms with Crippen LogP contribution in [0.3, 0.4) is 0 Å². The Morgan fingerprint density at radius 1 is 1.07 bits per heavy atom. The van der Waals surface area contributed by atoms with Crippen LogP contribution in [-0.2, 0) is 10.2 Å². The molecule has 2 aliphatic rings. The van der Waals surface area contributed by atoms with E-state index < -0.39 is 0 Å². The summed E-state index contributed by atoms with van der Waals surface area (Å²) in [5.41, 5.74) is 1.94. The van der Waals surface area contributed by atoms with Crippen LogP contribution in [0.15, 0.2) is 54.6 Å². The molecule has 1 unspecified atom stereocenters. The molecule has 4 rings (SSSR count). The van der Waals surface area contributed by atoms with Crippen molar-refractivity contribution in [3.8, 4) is 5.75 Å². The standard InChI is InChI=1S/C23H28N2O2/c1-27-21-13-6-5-12-20(21)25-16-7-11-19(17-25)24-22(26)23(14-8-15-23)18-9-3-2-4-10-18/h2-6,9-10,12-13,19H,7-8,11,14-17H2,1H3,(H,24,26). The normalized spacial score (nSPS) is 21.2. The summed E-state index contributed by atoms with van der Waals surface area (Å²) in [5.74, 6) is 1.09. The molecule has 2 aromatic rings. The summed E-state index contributed by atoms with van der Waals surface area (Å²) in [7, 11) is 1.71. The molecule has 1 atom stereocenters. The van der Waals surface area contributed by atoms with Crippen molar-refractivity contribution in [1.29, 1.82) is 0 Å². The molecular formula is C23H28N2O2. The van der Waals surface area contributed by atoms with Gasteiger partial charge in [0, 0.05) is 19.1 Å². The lowest BCUT2D eigenvalue weighted by Crippen LogP contribution is -2.55. The van der Waals surface area contributed by atoms with E-state index in [1.807, 2.05) is 36.4 Å². The molecule has 1 aliphatic heterocycles. The number of nitrogens with zero attached hydrogens (tertiary/aromatic N) is 1. The average Bonchev–Trinajstić information content (AvgIpc) is 2.68. The van der Waals surface area contributed by atoms with Gasteiger partial charge in [0.15, 0.2) is 0 Å². The van der Waals surface area contributed by atoms with Gasteiger partial charge in [-0.1, -0.05) is 48.9 Å². The number of ether oxygens (including phenoxy) is 1. The van der Waals surface area contributed by atoms with E-state index in [-0.39, 0.29) is 17.4 Å². The Kier molecular flexibility index (Phi) is 5.06. The van der Waals surface area contributed by atoms with E-state index in [4.69, 9.17) is 4.74 Å². The fourth-order valence-corrected chi connectivity index (χ4v) is 4.46. The number of carbonyl (C=O) groups is 1. The van der Waals surface area contributed by atoms with Crippen LogP contribution in [0.4, 0.5) is 5.69 Å². The second kappa shape index (κ2) is 7.63. The number of anilines is 1. The van der Waals surface area contributed by atoms with Gasteiger partial charge in [0.25, 0.3) is 0 Å². The highest BCUT2D eigenvalue weighted by molar-refractivity contribution is 5.89. The number of hydrogen-bond donors (Lipinski definition) is 1. The molecule has 1 saturated heterocycles. The number of carbonyl (C=O) groups excluding carboxylic acids is 1. The van der Waals surface area contributed by atoms with Gasteiger partial charge in [0.1, 0.15) is 5.75 Å². The molecule has 142 valence electrons. The van der Waals surface area contributed by atoms with Crippen LogP contribution in [0.2, 0.25) is 0 Å². The smallest absolute Gasteiger partial charge is 0.230 e. The Balaban J connectivity index is 1.47. The van der Waals surface area contributed by atoms with Crippen LogP contribution < -0.4 is 15.0 Å². The molecule has 4 heteroatoms. The van der Waals surface area contributed by atoms with Crippen molar-refractivity contribution in [1.82, 2.24) is 5.32 Å². The summed E-state index contributed by atoms with van der Waals surface area (Å²) in [6, 6.07) is 18.6. The summed E-state index contributed by atoms with van der Waals surface area (Å²) in [6.45, 7) is 1.83. The van der Waals surface area contributed by atoms with Gasteiger partial charge in [-0.2, -0.15) is 0 Å². The Bertz CT molecular complexity index is 786. The maximum atomic E-state index is 13.2. The highest BCUT2D eigenvalue weighted by Crippen LogP contribution is 2.44. The lowest BCUT2D eigenvalue weighted by Gasteiger charge is -2.43. The van der Waals surface area contributed by atoms with E-state index in [1.54, 1.807) is 7.11 Å². The summed E-state index contributed by atoms with van der Waals surface area (Å²) < 4.78 is 5.52. The number of para-hydroxylation sites is 2. The van der Waals surface area contributed by atoms with E-state index >= 15 is 0 Å². The maximum absolute atomic E-state index is 13.2. The third-order valence-electron chi connectivity index (χ3n) is 6.15. The van der Waals surface area contributed by atoms with Gasteiger partial charge in [0.05, 0.1) is 18.2 Å². The molecule has 0 aromatic heterocycles. The van der Waals surface area contributed by atoms with Crippen LogP contribution in [0.5, 0.6) is 5.75 Å². The number of piperidine rings is 1. The predicted octanol–water partition coefficient (Wildman–Crippen LogP) is 3.90. The van der Waals surface area contributed by atoms with E-state index in [0.717, 1.165) is 62.2 Å².